The summed E-state index contributed by atoms with van der Waals surface area (Å²) >= 11 is 7.40. The molecule has 1 atom stereocenters. The number of rotatable bonds is 10. The van der Waals surface area contributed by atoms with Gasteiger partial charge in [-0.1, -0.05) is 59.6 Å². The number of carboxylic acids is 1. The number of thioether (sulfide) groups is 1. The highest BCUT2D eigenvalue weighted by Crippen LogP contribution is 2.28. The third-order valence-electron chi connectivity index (χ3n) is 6.18. The van der Waals surface area contributed by atoms with Crippen molar-refractivity contribution in [3.05, 3.63) is 130 Å². The van der Waals surface area contributed by atoms with Crippen molar-refractivity contribution in [2.24, 2.45) is 0 Å². The molecule has 0 aromatic heterocycles. The molecule has 0 aliphatic rings. The van der Waals surface area contributed by atoms with Gasteiger partial charge in [0, 0.05) is 16.1 Å². The van der Waals surface area contributed by atoms with E-state index in [0.717, 1.165) is 16.0 Å². The Bertz CT molecular complexity index is 1670. The summed E-state index contributed by atoms with van der Waals surface area (Å²) in [7, 11) is 0. The maximum absolute atomic E-state index is 13.3. The van der Waals surface area contributed by atoms with Crippen LogP contribution in [0.2, 0.25) is 5.02 Å². The van der Waals surface area contributed by atoms with Gasteiger partial charge in [-0.15, -0.1) is 11.8 Å². The number of carbonyl (C=O) groups is 4. The number of amides is 3. The first-order chi connectivity index (χ1) is 20.6. The topological polar surface area (TPSA) is 125 Å². The molecule has 4 aromatic rings. The lowest BCUT2D eigenvalue weighted by Gasteiger charge is -2.14. The van der Waals surface area contributed by atoms with E-state index >= 15 is 0 Å². The summed E-state index contributed by atoms with van der Waals surface area (Å²) in [5.41, 5.74) is 3.03. The fourth-order valence-corrected chi connectivity index (χ4v) is 4.87. The zero-order chi connectivity index (χ0) is 30.9. The molecule has 0 saturated carbocycles. The van der Waals surface area contributed by atoms with E-state index in [1.165, 1.54) is 30.0 Å². The van der Waals surface area contributed by atoms with Crippen LogP contribution in [0.1, 0.15) is 38.8 Å². The molecule has 10 heteroatoms. The first-order valence-electron chi connectivity index (χ1n) is 13.2. The Hall–Kier alpha value is -4.86. The van der Waals surface area contributed by atoms with Gasteiger partial charge in [-0.2, -0.15) is 0 Å². The molecule has 0 aliphatic heterocycles. The van der Waals surface area contributed by atoms with Crippen molar-refractivity contribution in [2.75, 3.05) is 10.6 Å². The van der Waals surface area contributed by atoms with Crippen LogP contribution in [0.4, 0.5) is 11.4 Å². The summed E-state index contributed by atoms with van der Waals surface area (Å²) in [4.78, 5) is 50.9. The third-order valence-corrected chi connectivity index (χ3v) is 7.62. The summed E-state index contributed by atoms with van der Waals surface area (Å²) in [5, 5.41) is 17.1. The van der Waals surface area contributed by atoms with Crippen molar-refractivity contribution in [3.8, 4) is 0 Å². The summed E-state index contributed by atoms with van der Waals surface area (Å²) in [6.45, 7) is 3.67. The normalized spacial score (nSPS) is 11.7. The standard InChI is InChI=1S/C33H28ClN3O5S/c1-20-8-10-22(11-9-20)18-29(37-31(39)23-6-4-3-5-7-23)32(40)35-25-13-15-26(16-14-25)43-21(2)30(38)36-28-19-24(33(41)42)12-17-27(28)34/h3-19,21H,1-2H3,(H,35,40)(H,36,38)(H,37,39)(H,41,42)/b29-18-. The van der Waals surface area contributed by atoms with Crippen LogP contribution in [-0.2, 0) is 9.59 Å². The van der Waals surface area contributed by atoms with Gasteiger partial charge in [0.25, 0.3) is 11.8 Å². The Morgan fingerprint density at radius 3 is 2.16 bits per heavy atom. The Kier molecular flexibility index (Phi) is 10.4. The number of benzene rings is 4. The van der Waals surface area contributed by atoms with Gasteiger partial charge in [0.15, 0.2) is 0 Å². The van der Waals surface area contributed by atoms with Gasteiger partial charge < -0.3 is 21.1 Å². The van der Waals surface area contributed by atoms with Gasteiger partial charge in [0.05, 0.1) is 21.5 Å². The second-order valence-electron chi connectivity index (χ2n) is 9.52. The van der Waals surface area contributed by atoms with Gasteiger partial charge in [-0.25, -0.2) is 4.79 Å². The van der Waals surface area contributed by atoms with Gasteiger partial charge in [-0.05, 0) is 80.1 Å². The first-order valence-corrected chi connectivity index (χ1v) is 14.4. The predicted molar refractivity (Wildman–Crippen MR) is 170 cm³/mol. The maximum atomic E-state index is 13.3. The number of carboxylic acid groups (broad SMARTS) is 1. The van der Waals surface area contributed by atoms with Crippen LogP contribution in [0.25, 0.3) is 6.08 Å². The highest BCUT2D eigenvalue weighted by Gasteiger charge is 2.18. The zero-order valence-corrected chi connectivity index (χ0v) is 24.8. The molecule has 8 nitrogen and oxygen atoms in total. The Morgan fingerprint density at radius 2 is 1.51 bits per heavy atom. The number of anilines is 2. The fraction of sp³-hybridized carbons (Fsp3) is 0.0909. The lowest BCUT2D eigenvalue weighted by atomic mass is 10.1. The Morgan fingerprint density at radius 1 is 0.837 bits per heavy atom. The van der Waals surface area contributed by atoms with E-state index in [-0.39, 0.29) is 27.9 Å². The molecule has 0 aliphatic carbocycles. The third kappa shape index (κ3) is 8.81. The lowest BCUT2D eigenvalue weighted by molar-refractivity contribution is -0.115. The maximum Gasteiger partial charge on any atom is 0.335 e. The molecule has 0 spiro atoms. The first kappa shape index (κ1) is 31.1. The monoisotopic (exact) mass is 613 g/mol. The van der Waals surface area contributed by atoms with Gasteiger partial charge in [-0.3, -0.25) is 14.4 Å². The molecular formula is C33H28ClN3O5S. The molecule has 1 unspecified atom stereocenters. The number of aromatic carboxylic acids is 1. The van der Waals surface area contributed by atoms with Crippen LogP contribution in [0, 0.1) is 6.92 Å². The molecule has 0 fully saturated rings. The highest BCUT2D eigenvalue weighted by atomic mass is 35.5. The van der Waals surface area contributed by atoms with E-state index in [1.807, 2.05) is 31.2 Å². The SMILES string of the molecule is Cc1ccc(/C=C(\NC(=O)c2ccccc2)C(=O)Nc2ccc(SC(C)C(=O)Nc3cc(C(=O)O)ccc3Cl)cc2)cc1. The van der Waals surface area contributed by atoms with Gasteiger partial charge >= 0.3 is 5.97 Å². The Labute approximate surface area is 258 Å². The quantitative estimate of drug-likeness (QED) is 0.114. The van der Waals surface area contributed by atoms with Crippen molar-refractivity contribution >= 4 is 64.5 Å². The van der Waals surface area contributed by atoms with E-state index in [4.69, 9.17) is 11.6 Å². The summed E-state index contributed by atoms with van der Waals surface area (Å²) in [6, 6.07) is 27.2. The summed E-state index contributed by atoms with van der Waals surface area (Å²) in [5.74, 6) is -2.40. The van der Waals surface area contributed by atoms with Gasteiger partial charge in [0.2, 0.25) is 5.91 Å². The second kappa shape index (κ2) is 14.4. The van der Waals surface area contributed by atoms with E-state index < -0.39 is 23.0 Å². The molecule has 3 amide bonds. The van der Waals surface area contributed by atoms with Crippen molar-refractivity contribution < 1.29 is 24.3 Å². The van der Waals surface area contributed by atoms with Crippen LogP contribution < -0.4 is 16.0 Å². The van der Waals surface area contributed by atoms with E-state index in [1.54, 1.807) is 67.6 Å². The smallest absolute Gasteiger partial charge is 0.335 e. The highest BCUT2D eigenvalue weighted by molar-refractivity contribution is 8.00. The minimum absolute atomic E-state index is 0.00846. The van der Waals surface area contributed by atoms with E-state index in [0.29, 0.717) is 11.3 Å². The molecule has 4 aromatic carbocycles. The van der Waals surface area contributed by atoms with Crippen LogP contribution in [0.5, 0.6) is 0 Å². The number of hydrogen-bond donors (Lipinski definition) is 4. The molecule has 218 valence electrons. The molecule has 0 saturated heterocycles. The molecule has 0 radical (unpaired) electrons. The summed E-state index contributed by atoms with van der Waals surface area (Å²) in [6.07, 6.45) is 1.61. The minimum Gasteiger partial charge on any atom is -0.478 e. The number of halogens is 1. The van der Waals surface area contributed by atoms with Crippen molar-refractivity contribution in [3.63, 3.8) is 0 Å². The average molecular weight is 614 g/mol. The number of aryl methyl sites for hydroxylation is 1. The lowest BCUT2D eigenvalue weighted by Crippen LogP contribution is -2.30. The molecule has 43 heavy (non-hydrogen) atoms. The molecule has 4 rings (SSSR count). The largest absolute Gasteiger partial charge is 0.478 e. The number of hydrogen-bond acceptors (Lipinski definition) is 5. The van der Waals surface area contributed by atoms with Gasteiger partial charge in [0.1, 0.15) is 5.70 Å². The molecule has 0 heterocycles. The minimum atomic E-state index is -1.13. The van der Waals surface area contributed by atoms with Crippen molar-refractivity contribution in [1.29, 1.82) is 0 Å². The van der Waals surface area contributed by atoms with Crippen LogP contribution in [0.3, 0.4) is 0 Å². The van der Waals surface area contributed by atoms with E-state index in [2.05, 4.69) is 16.0 Å². The van der Waals surface area contributed by atoms with Crippen LogP contribution >= 0.6 is 23.4 Å². The van der Waals surface area contributed by atoms with Crippen LogP contribution in [0.15, 0.2) is 108 Å². The van der Waals surface area contributed by atoms with Crippen molar-refractivity contribution in [2.45, 2.75) is 24.0 Å². The summed E-state index contributed by atoms with van der Waals surface area (Å²) < 4.78 is 0. The Balaban J connectivity index is 1.43. The fourth-order valence-electron chi connectivity index (χ4n) is 3.83. The number of nitrogens with one attached hydrogen (secondary N) is 3. The molecular weight excluding hydrogens is 586 g/mol. The molecule has 0 bridgehead atoms. The zero-order valence-electron chi connectivity index (χ0n) is 23.3. The molecule has 4 N–H and O–H groups in total. The van der Waals surface area contributed by atoms with Crippen molar-refractivity contribution in [1.82, 2.24) is 5.32 Å². The van der Waals surface area contributed by atoms with Crippen LogP contribution in [-0.4, -0.2) is 34.0 Å². The average Bonchev–Trinajstić information content (AvgIpc) is 3.00. The number of carbonyl (C=O) groups excluding carboxylic acids is 3. The predicted octanol–water partition coefficient (Wildman–Crippen LogP) is 6.88. The second-order valence-corrected chi connectivity index (χ2v) is 11.3. The van der Waals surface area contributed by atoms with E-state index in [9.17, 15) is 24.3 Å².